The molecule has 5 nitrogen and oxygen atoms in total. The first-order valence-electron chi connectivity index (χ1n) is 12.5. The van der Waals surface area contributed by atoms with Gasteiger partial charge in [0.15, 0.2) is 0 Å². The maximum atomic E-state index is 13.9. The van der Waals surface area contributed by atoms with Crippen molar-refractivity contribution in [2.45, 2.75) is 91.8 Å². The van der Waals surface area contributed by atoms with Gasteiger partial charge in [0.25, 0.3) is 0 Å². The molecule has 0 spiro atoms. The van der Waals surface area contributed by atoms with Gasteiger partial charge >= 0.3 is 0 Å². The Labute approximate surface area is 195 Å². The van der Waals surface area contributed by atoms with Gasteiger partial charge in [0, 0.05) is 18.5 Å². The number of carbonyl (C=O) groups is 2. The fraction of sp³-hybridized carbons (Fsp3) is 0.704. The molecule has 180 valence electrons. The Kier molecular flexibility index (Phi) is 9.75. The van der Waals surface area contributed by atoms with Crippen LogP contribution in [0, 0.1) is 23.7 Å². The summed E-state index contributed by atoms with van der Waals surface area (Å²) in [6, 6.07) is 9.43. The van der Waals surface area contributed by atoms with Gasteiger partial charge in [-0.1, -0.05) is 78.3 Å². The molecule has 5 heteroatoms. The van der Waals surface area contributed by atoms with E-state index in [9.17, 15) is 9.59 Å². The zero-order chi connectivity index (χ0) is 24.0. The molecule has 3 N–H and O–H groups in total. The minimum Gasteiger partial charge on any atom is -0.343 e. The van der Waals surface area contributed by atoms with Crippen LogP contribution >= 0.6 is 0 Å². The second-order valence-electron chi connectivity index (χ2n) is 10.5. The van der Waals surface area contributed by atoms with E-state index in [0.717, 1.165) is 12.8 Å². The molecule has 1 aliphatic carbocycles. The lowest BCUT2D eigenvalue weighted by atomic mass is 9.81. The van der Waals surface area contributed by atoms with Crippen molar-refractivity contribution in [1.29, 1.82) is 0 Å². The highest BCUT2D eigenvalue weighted by Gasteiger charge is 2.40. The molecule has 2 rings (SSSR count). The maximum Gasteiger partial charge on any atom is 0.245 e. The second kappa shape index (κ2) is 11.8. The first-order valence-corrected chi connectivity index (χ1v) is 12.5. The van der Waals surface area contributed by atoms with Gasteiger partial charge in [0.05, 0.1) is 6.04 Å². The number of hydrogen-bond acceptors (Lipinski definition) is 3. The van der Waals surface area contributed by atoms with Gasteiger partial charge in [-0.3, -0.25) is 9.59 Å². The standard InChI is InChI=1S/C27H45N3O2/c1-8-30(27(32)24(18(4)5)29-26(31)23(28)17(2)3)25(22-15-14-19(6)16-22)20(7)21-12-10-9-11-13-21/h9-13,17-20,22-25H,8,14-16,28H2,1-7H3,(H,29,31). The summed E-state index contributed by atoms with van der Waals surface area (Å²) in [6.45, 7) is 15.1. The van der Waals surface area contributed by atoms with Crippen molar-refractivity contribution in [2.24, 2.45) is 29.4 Å². The second-order valence-corrected chi connectivity index (χ2v) is 10.5. The number of carbonyl (C=O) groups excluding carboxylic acids is 2. The summed E-state index contributed by atoms with van der Waals surface area (Å²) in [5, 5.41) is 2.99. The number of hydrogen-bond donors (Lipinski definition) is 2. The Morgan fingerprint density at radius 1 is 1.06 bits per heavy atom. The molecule has 6 unspecified atom stereocenters. The smallest absolute Gasteiger partial charge is 0.245 e. The third-order valence-corrected chi connectivity index (χ3v) is 7.29. The average molecular weight is 444 g/mol. The van der Waals surface area contributed by atoms with Crippen LogP contribution in [0.3, 0.4) is 0 Å². The Hall–Kier alpha value is -1.88. The van der Waals surface area contributed by atoms with Gasteiger partial charge in [-0.2, -0.15) is 0 Å². The molecule has 1 aliphatic rings. The minimum absolute atomic E-state index is 0.0131. The largest absolute Gasteiger partial charge is 0.343 e. The molecule has 0 saturated heterocycles. The number of nitrogens with zero attached hydrogens (tertiary/aromatic N) is 1. The summed E-state index contributed by atoms with van der Waals surface area (Å²) in [5.74, 6) is 1.14. The lowest BCUT2D eigenvalue weighted by molar-refractivity contribution is -0.141. The van der Waals surface area contributed by atoms with Gasteiger partial charge in [0.2, 0.25) is 11.8 Å². The van der Waals surface area contributed by atoms with Crippen molar-refractivity contribution in [3.05, 3.63) is 35.9 Å². The molecular formula is C27H45N3O2. The monoisotopic (exact) mass is 443 g/mol. The van der Waals surface area contributed by atoms with Crippen LogP contribution in [-0.4, -0.2) is 41.4 Å². The van der Waals surface area contributed by atoms with E-state index in [1.165, 1.54) is 12.0 Å². The van der Waals surface area contributed by atoms with E-state index >= 15 is 0 Å². The van der Waals surface area contributed by atoms with Crippen LogP contribution in [-0.2, 0) is 9.59 Å². The van der Waals surface area contributed by atoms with E-state index in [-0.39, 0.29) is 35.6 Å². The van der Waals surface area contributed by atoms with Crippen LogP contribution in [0.1, 0.15) is 79.2 Å². The molecule has 2 amide bonds. The van der Waals surface area contributed by atoms with Crippen molar-refractivity contribution < 1.29 is 9.59 Å². The van der Waals surface area contributed by atoms with Crippen LogP contribution in [0.4, 0.5) is 0 Å². The molecule has 32 heavy (non-hydrogen) atoms. The Balaban J connectivity index is 2.36. The maximum absolute atomic E-state index is 13.9. The molecule has 1 aromatic carbocycles. The molecular weight excluding hydrogens is 398 g/mol. The number of amides is 2. The van der Waals surface area contributed by atoms with Crippen LogP contribution in [0.15, 0.2) is 30.3 Å². The third kappa shape index (κ3) is 6.34. The first-order chi connectivity index (χ1) is 15.1. The summed E-state index contributed by atoms with van der Waals surface area (Å²) in [7, 11) is 0. The number of likely N-dealkylation sites (N-methyl/N-ethyl adjacent to an activating group) is 1. The number of nitrogens with two attached hydrogens (primary N) is 1. The van der Waals surface area contributed by atoms with Gasteiger partial charge in [-0.05, 0) is 49.0 Å². The van der Waals surface area contributed by atoms with Gasteiger partial charge in [0.1, 0.15) is 6.04 Å². The Morgan fingerprint density at radius 2 is 1.69 bits per heavy atom. The van der Waals surface area contributed by atoms with Crippen LogP contribution in [0.2, 0.25) is 0 Å². The lowest BCUT2D eigenvalue weighted by Crippen LogP contribution is -2.58. The SMILES string of the molecule is CCN(C(=O)C(NC(=O)C(N)C(C)C)C(C)C)C(C1CCC(C)C1)C(C)c1ccccc1. The molecule has 1 saturated carbocycles. The van der Waals surface area contributed by atoms with Crippen LogP contribution < -0.4 is 11.1 Å². The molecule has 1 aromatic rings. The van der Waals surface area contributed by atoms with Crippen LogP contribution in [0.5, 0.6) is 0 Å². The summed E-state index contributed by atoms with van der Waals surface area (Å²) in [4.78, 5) is 28.7. The summed E-state index contributed by atoms with van der Waals surface area (Å²) >= 11 is 0. The molecule has 0 aliphatic heterocycles. The van der Waals surface area contributed by atoms with Gasteiger partial charge in [-0.15, -0.1) is 0 Å². The van der Waals surface area contributed by atoms with Crippen molar-refractivity contribution in [1.82, 2.24) is 10.2 Å². The number of nitrogens with one attached hydrogen (secondary N) is 1. The van der Waals surface area contributed by atoms with E-state index in [1.807, 2.05) is 38.7 Å². The van der Waals surface area contributed by atoms with E-state index in [1.54, 1.807) is 0 Å². The predicted octanol–water partition coefficient (Wildman–Crippen LogP) is 4.57. The fourth-order valence-corrected chi connectivity index (χ4v) is 5.21. The fourth-order valence-electron chi connectivity index (χ4n) is 5.21. The van der Waals surface area contributed by atoms with Crippen molar-refractivity contribution >= 4 is 11.8 Å². The topological polar surface area (TPSA) is 75.4 Å². The summed E-state index contributed by atoms with van der Waals surface area (Å²) < 4.78 is 0. The predicted molar refractivity (Wildman–Crippen MR) is 132 cm³/mol. The van der Waals surface area contributed by atoms with E-state index < -0.39 is 12.1 Å². The highest BCUT2D eigenvalue weighted by Crippen LogP contribution is 2.40. The highest BCUT2D eigenvalue weighted by molar-refractivity contribution is 5.90. The molecule has 0 aromatic heterocycles. The van der Waals surface area contributed by atoms with Crippen molar-refractivity contribution in [2.75, 3.05) is 6.54 Å². The number of rotatable bonds is 10. The summed E-state index contributed by atoms with van der Waals surface area (Å²) in [5.41, 5.74) is 7.34. The van der Waals surface area contributed by atoms with E-state index in [0.29, 0.717) is 18.4 Å². The normalized spacial score (nSPS) is 22.4. The van der Waals surface area contributed by atoms with E-state index in [4.69, 9.17) is 5.73 Å². The zero-order valence-electron chi connectivity index (χ0n) is 21.2. The van der Waals surface area contributed by atoms with Gasteiger partial charge < -0.3 is 16.0 Å². The molecule has 1 fully saturated rings. The minimum atomic E-state index is -0.617. The molecule has 0 heterocycles. The molecule has 0 bridgehead atoms. The third-order valence-electron chi connectivity index (χ3n) is 7.29. The summed E-state index contributed by atoms with van der Waals surface area (Å²) in [6.07, 6.45) is 3.49. The van der Waals surface area contributed by atoms with Crippen molar-refractivity contribution in [3.63, 3.8) is 0 Å². The molecule has 0 radical (unpaired) electrons. The Morgan fingerprint density at radius 3 is 2.16 bits per heavy atom. The highest BCUT2D eigenvalue weighted by atomic mass is 16.2. The molecule has 6 atom stereocenters. The zero-order valence-corrected chi connectivity index (χ0v) is 21.2. The number of benzene rings is 1. The first kappa shape index (κ1) is 26.4. The average Bonchev–Trinajstić information content (AvgIpc) is 3.19. The quantitative estimate of drug-likeness (QED) is 0.556. The van der Waals surface area contributed by atoms with Crippen LogP contribution in [0.25, 0.3) is 0 Å². The lowest BCUT2D eigenvalue weighted by Gasteiger charge is -2.42. The van der Waals surface area contributed by atoms with E-state index in [2.05, 4.69) is 50.4 Å². The van der Waals surface area contributed by atoms with Gasteiger partial charge in [-0.25, -0.2) is 0 Å². The van der Waals surface area contributed by atoms with Crippen molar-refractivity contribution in [3.8, 4) is 0 Å². The Bertz CT molecular complexity index is 734.